The number of nitrogens with zero attached hydrogens (tertiary/aromatic N) is 1. The highest BCUT2D eigenvalue weighted by Gasteiger charge is 2.36. The van der Waals surface area contributed by atoms with Gasteiger partial charge in [0.25, 0.3) is 0 Å². The van der Waals surface area contributed by atoms with Crippen molar-refractivity contribution in [1.82, 2.24) is 15.3 Å². The zero-order chi connectivity index (χ0) is 18.7. The lowest BCUT2D eigenvalue weighted by molar-refractivity contribution is -0.121. The summed E-state index contributed by atoms with van der Waals surface area (Å²) >= 11 is 0. The molecule has 0 unspecified atom stereocenters. The van der Waals surface area contributed by atoms with E-state index in [1.54, 1.807) is 12.1 Å². The lowest BCUT2D eigenvalue weighted by atomic mass is 9.78. The molecule has 2 N–H and O–H groups in total. The first-order chi connectivity index (χ1) is 13.1. The number of carbonyl (C=O) groups excluding carboxylic acids is 1. The number of carbonyl (C=O) groups is 1. The average molecular weight is 365 g/mol. The minimum Gasteiger partial charge on any atom is -0.355 e. The summed E-state index contributed by atoms with van der Waals surface area (Å²) in [5, 5.41) is 3.08. The molecule has 0 radical (unpaired) electrons. The third-order valence-corrected chi connectivity index (χ3v) is 5.65. The molecule has 140 valence electrons. The molecule has 0 spiro atoms. The van der Waals surface area contributed by atoms with E-state index in [9.17, 15) is 9.18 Å². The topological polar surface area (TPSA) is 57.8 Å². The van der Waals surface area contributed by atoms with Crippen LogP contribution in [0.25, 0.3) is 11.0 Å². The molecular weight excluding hydrogens is 341 g/mol. The largest absolute Gasteiger partial charge is 0.355 e. The number of rotatable bonds is 6. The van der Waals surface area contributed by atoms with Gasteiger partial charge < -0.3 is 10.3 Å². The predicted molar refractivity (Wildman–Crippen MR) is 104 cm³/mol. The van der Waals surface area contributed by atoms with Crippen molar-refractivity contribution in [2.45, 2.75) is 43.9 Å². The van der Waals surface area contributed by atoms with E-state index >= 15 is 0 Å². The van der Waals surface area contributed by atoms with E-state index in [1.165, 1.54) is 6.07 Å². The second-order valence-corrected chi connectivity index (χ2v) is 7.48. The summed E-state index contributed by atoms with van der Waals surface area (Å²) in [6.45, 7) is 0.565. The van der Waals surface area contributed by atoms with Crippen LogP contribution < -0.4 is 5.32 Å². The van der Waals surface area contributed by atoms with Gasteiger partial charge in [-0.2, -0.15) is 0 Å². The number of hydrogen-bond donors (Lipinski definition) is 2. The maximum atomic E-state index is 13.7. The van der Waals surface area contributed by atoms with Crippen molar-refractivity contribution < 1.29 is 9.18 Å². The van der Waals surface area contributed by atoms with E-state index in [-0.39, 0.29) is 17.1 Å². The fourth-order valence-corrected chi connectivity index (χ4v) is 4.15. The molecule has 0 atom stereocenters. The first-order valence-electron chi connectivity index (χ1n) is 9.61. The molecule has 4 nitrogen and oxygen atoms in total. The number of para-hydroxylation sites is 2. The lowest BCUT2D eigenvalue weighted by Crippen LogP contribution is -2.39. The van der Waals surface area contributed by atoms with Crippen LogP contribution in [0, 0.1) is 5.82 Å². The molecule has 1 fully saturated rings. The minimum atomic E-state index is -0.213. The number of imidazole rings is 1. The third-order valence-electron chi connectivity index (χ3n) is 5.65. The van der Waals surface area contributed by atoms with Gasteiger partial charge in [-0.15, -0.1) is 0 Å². The van der Waals surface area contributed by atoms with Gasteiger partial charge in [-0.3, -0.25) is 4.79 Å². The van der Waals surface area contributed by atoms with E-state index < -0.39 is 0 Å². The standard InChI is InChI=1S/C22H24FN3O/c23-17-7-5-6-16(14-17)22(12-3-4-13-22)15-24-21(27)11-10-20-25-18-8-1-2-9-19(18)26-20/h1-2,5-9,14H,3-4,10-13,15H2,(H,24,27)(H,25,26). The molecule has 3 aromatic rings. The molecule has 4 rings (SSSR count). The third kappa shape index (κ3) is 3.87. The Morgan fingerprint density at radius 3 is 2.74 bits per heavy atom. The zero-order valence-corrected chi connectivity index (χ0v) is 15.3. The molecule has 0 bridgehead atoms. The van der Waals surface area contributed by atoms with Crippen LogP contribution >= 0.6 is 0 Å². The molecule has 1 saturated carbocycles. The molecule has 1 amide bonds. The maximum absolute atomic E-state index is 13.7. The summed E-state index contributed by atoms with van der Waals surface area (Å²) < 4.78 is 13.7. The minimum absolute atomic E-state index is 0.0122. The number of fused-ring (bicyclic) bond motifs is 1. The van der Waals surface area contributed by atoms with Gasteiger partial charge in [-0.05, 0) is 42.7 Å². The van der Waals surface area contributed by atoms with Crippen molar-refractivity contribution in [2.24, 2.45) is 0 Å². The Morgan fingerprint density at radius 1 is 1.15 bits per heavy atom. The summed E-state index contributed by atoms with van der Waals surface area (Å²) in [7, 11) is 0. The fourth-order valence-electron chi connectivity index (χ4n) is 4.15. The van der Waals surface area contributed by atoms with E-state index in [0.29, 0.717) is 19.4 Å². The molecule has 5 heteroatoms. The van der Waals surface area contributed by atoms with Gasteiger partial charge >= 0.3 is 0 Å². The zero-order valence-electron chi connectivity index (χ0n) is 15.3. The van der Waals surface area contributed by atoms with Crippen LogP contribution in [0.15, 0.2) is 48.5 Å². The summed E-state index contributed by atoms with van der Waals surface area (Å²) in [5.41, 5.74) is 2.77. The SMILES string of the molecule is O=C(CCc1nc2ccccc2[nH]1)NCC1(c2cccc(F)c2)CCCC1. The lowest BCUT2D eigenvalue weighted by Gasteiger charge is -2.30. The van der Waals surface area contributed by atoms with Gasteiger partial charge in [0.1, 0.15) is 11.6 Å². The molecule has 1 aliphatic carbocycles. The molecule has 2 aromatic carbocycles. The smallest absolute Gasteiger partial charge is 0.220 e. The number of aromatic amines is 1. The maximum Gasteiger partial charge on any atom is 0.220 e. The molecule has 1 aromatic heterocycles. The summed E-state index contributed by atoms with van der Waals surface area (Å²) in [5.74, 6) is 0.625. The van der Waals surface area contributed by atoms with Gasteiger partial charge in [0.2, 0.25) is 5.91 Å². The summed E-state index contributed by atoms with van der Waals surface area (Å²) in [6.07, 6.45) is 5.17. The molecule has 1 heterocycles. The van der Waals surface area contributed by atoms with E-state index in [4.69, 9.17) is 0 Å². The van der Waals surface area contributed by atoms with Crippen LogP contribution in [0.1, 0.15) is 43.5 Å². The van der Waals surface area contributed by atoms with Crippen molar-refractivity contribution in [1.29, 1.82) is 0 Å². The normalized spacial score (nSPS) is 15.9. The Kier molecular flexibility index (Phi) is 4.92. The van der Waals surface area contributed by atoms with Crippen LogP contribution in [-0.2, 0) is 16.6 Å². The van der Waals surface area contributed by atoms with Gasteiger partial charge in [0.15, 0.2) is 0 Å². The highest BCUT2D eigenvalue weighted by molar-refractivity contribution is 5.77. The first-order valence-corrected chi connectivity index (χ1v) is 9.61. The Labute approximate surface area is 158 Å². The summed E-state index contributed by atoms with van der Waals surface area (Å²) in [4.78, 5) is 20.2. The number of H-pyrrole nitrogens is 1. The molecule has 1 aliphatic rings. The Bertz CT molecular complexity index is 910. The van der Waals surface area contributed by atoms with Crippen molar-refractivity contribution >= 4 is 16.9 Å². The molecule has 27 heavy (non-hydrogen) atoms. The average Bonchev–Trinajstić information content (AvgIpc) is 3.32. The number of nitrogens with one attached hydrogen (secondary N) is 2. The van der Waals surface area contributed by atoms with E-state index in [1.807, 2.05) is 30.3 Å². The molecular formula is C22H24FN3O. The number of aryl methyl sites for hydroxylation is 1. The van der Waals surface area contributed by atoms with Crippen LogP contribution in [0.2, 0.25) is 0 Å². The van der Waals surface area contributed by atoms with Crippen molar-refractivity contribution in [3.63, 3.8) is 0 Å². The second kappa shape index (κ2) is 7.51. The highest BCUT2D eigenvalue weighted by atomic mass is 19.1. The van der Waals surface area contributed by atoms with Gasteiger partial charge in [0, 0.05) is 24.8 Å². The van der Waals surface area contributed by atoms with Crippen LogP contribution in [0.3, 0.4) is 0 Å². The Hall–Kier alpha value is -2.69. The van der Waals surface area contributed by atoms with Crippen molar-refractivity contribution in [3.8, 4) is 0 Å². The second-order valence-electron chi connectivity index (χ2n) is 7.48. The van der Waals surface area contributed by atoms with Crippen molar-refractivity contribution in [2.75, 3.05) is 6.54 Å². The number of hydrogen-bond acceptors (Lipinski definition) is 2. The van der Waals surface area contributed by atoms with Crippen LogP contribution in [0.5, 0.6) is 0 Å². The van der Waals surface area contributed by atoms with E-state index in [0.717, 1.165) is 48.1 Å². The number of halogens is 1. The number of amides is 1. The van der Waals surface area contributed by atoms with Crippen LogP contribution in [-0.4, -0.2) is 22.4 Å². The van der Waals surface area contributed by atoms with Gasteiger partial charge in [0.05, 0.1) is 11.0 Å². The Morgan fingerprint density at radius 2 is 1.96 bits per heavy atom. The fraction of sp³-hybridized carbons (Fsp3) is 0.364. The molecule has 0 aliphatic heterocycles. The Balaban J connectivity index is 1.37. The quantitative estimate of drug-likeness (QED) is 0.686. The first kappa shape index (κ1) is 17.7. The predicted octanol–water partition coefficient (Wildman–Crippen LogP) is 4.26. The summed E-state index contributed by atoms with van der Waals surface area (Å²) in [6, 6.07) is 14.7. The molecule has 0 saturated heterocycles. The number of benzene rings is 2. The highest BCUT2D eigenvalue weighted by Crippen LogP contribution is 2.40. The number of aromatic nitrogens is 2. The van der Waals surface area contributed by atoms with Gasteiger partial charge in [-0.25, -0.2) is 9.37 Å². The monoisotopic (exact) mass is 365 g/mol. The van der Waals surface area contributed by atoms with Gasteiger partial charge in [-0.1, -0.05) is 37.1 Å². The van der Waals surface area contributed by atoms with E-state index in [2.05, 4.69) is 15.3 Å². The van der Waals surface area contributed by atoms with Crippen LogP contribution in [0.4, 0.5) is 4.39 Å². The van der Waals surface area contributed by atoms with Crippen molar-refractivity contribution in [3.05, 3.63) is 65.7 Å².